The van der Waals surface area contributed by atoms with Crippen LogP contribution in [-0.2, 0) is 0 Å². The van der Waals surface area contributed by atoms with Crippen LogP contribution in [0, 0.1) is 0 Å². The molecule has 2 nitrogen and oxygen atoms in total. The molecule has 1 rings (SSSR count). The van der Waals surface area contributed by atoms with Crippen LogP contribution in [0.4, 0.5) is 0 Å². The van der Waals surface area contributed by atoms with E-state index in [0.717, 1.165) is 5.44 Å². The Balaban J connectivity index is 2.90. The third-order valence-corrected chi connectivity index (χ3v) is 3.00. The van der Waals surface area contributed by atoms with Crippen LogP contribution < -0.4 is 5.44 Å². The predicted molar refractivity (Wildman–Crippen MR) is 42.2 cm³/mol. The average molecular weight is 145 g/mol. The maximum atomic E-state index is 4.73. The Labute approximate surface area is 55.6 Å². The van der Waals surface area contributed by atoms with E-state index in [1.807, 2.05) is 6.07 Å². The molecule has 0 fully saturated rings. The summed E-state index contributed by atoms with van der Waals surface area (Å²) >= 11 is 0. The first kappa shape index (κ1) is 6.76. The van der Waals surface area contributed by atoms with Gasteiger partial charge >= 0.3 is 54.7 Å². The van der Waals surface area contributed by atoms with Crippen LogP contribution in [0.3, 0.4) is 0 Å². The van der Waals surface area contributed by atoms with Crippen LogP contribution in [0.25, 0.3) is 0 Å². The van der Waals surface area contributed by atoms with Crippen molar-refractivity contribution in [1.82, 2.24) is 5.16 Å². The van der Waals surface area contributed by atoms with Crippen molar-refractivity contribution in [1.29, 1.82) is 0 Å². The van der Waals surface area contributed by atoms with E-state index in [9.17, 15) is 0 Å². The summed E-state index contributed by atoms with van der Waals surface area (Å²) in [4.78, 5) is 0. The Morgan fingerprint density at radius 1 is 1.44 bits per heavy atom. The Morgan fingerprint density at radius 2 is 2.11 bits per heavy atom. The molecule has 0 amide bonds. The van der Waals surface area contributed by atoms with Crippen molar-refractivity contribution in [2.45, 2.75) is 0 Å². The molecule has 1 heterocycles. The number of nitrogens with zero attached hydrogens (tertiary/aromatic N) is 1. The van der Waals surface area contributed by atoms with Crippen molar-refractivity contribution in [3.8, 4) is 0 Å². The van der Waals surface area contributed by atoms with Gasteiger partial charge in [0.05, 0.1) is 0 Å². The third-order valence-electron chi connectivity index (χ3n) is 1.21. The van der Waals surface area contributed by atoms with Gasteiger partial charge < -0.3 is 0 Å². The number of hydrogen-bond acceptors (Lipinski definition) is 2. The number of hydrogen-bond donors (Lipinski definition) is 0. The Bertz CT molecular complexity index is 175. The maximum absolute atomic E-state index is 4.73. The standard InChI is InChI=1S/C6H12NOP/c1-9(2,3)6-4-5-8-7-6/h4-5,9H,1-3H3. The topological polar surface area (TPSA) is 26.0 Å². The second-order valence-corrected chi connectivity index (χ2v) is 8.15. The first-order valence-corrected chi connectivity index (χ1v) is 6.51. The summed E-state index contributed by atoms with van der Waals surface area (Å²) in [5, 5.41) is 3.87. The van der Waals surface area contributed by atoms with E-state index >= 15 is 0 Å². The summed E-state index contributed by atoms with van der Waals surface area (Å²) < 4.78 is 4.73. The minimum absolute atomic E-state index is 1.14. The van der Waals surface area contributed by atoms with Gasteiger partial charge in [0.15, 0.2) is 0 Å². The zero-order chi connectivity index (χ0) is 6.91. The van der Waals surface area contributed by atoms with E-state index in [2.05, 4.69) is 25.2 Å². The average Bonchev–Trinajstić information content (AvgIpc) is 2.08. The zero-order valence-electron chi connectivity index (χ0n) is 6.01. The molecule has 9 heavy (non-hydrogen) atoms. The van der Waals surface area contributed by atoms with Crippen molar-refractivity contribution < 1.29 is 4.52 Å². The first-order valence-electron chi connectivity index (χ1n) is 3.01. The number of rotatable bonds is 1. The molecule has 0 unspecified atom stereocenters. The SMILES string of the molecule is C[PH](C)(C)c1ccon1. The predicted octanol–water partition coefficient (Wildman–Crippen LogP) is 0.939. The van der Waals surface area contributed by atoms with E-state index in [1.165, 1.54) is 0 Å². The second-order valence-electron chi connectivity index (χ2n) is 3.13. The van der Waals surface area contributed by atoms with Gasteiger partial charge in [0.1, 0.15) is 0 Å². The van der Waals surface area contributed by atoms with Gasteiger partial charge in [-0.15, -0.1) is 0 Å². The fourth-order valence-electron chi connectivity index (χ4n) is 0.599. The molecule has 0 aliphatic rings. The van der Waals surface area contributed by atoms with Gasteiger partial charge in [0.2, 0.25) is 0 Å². The van der Waals surface area contributed by atoms with Gasteiger partial charge in [-0.3, -0.25) is 0 Å². The zero-order valence-corrected chi connectivity index (χ0v) is 7.01. The monoisotopic (exact) mass is 145 g/mol. The molecule has 0 saturated carbocycles. The first-order chi connectivity index (χ1) is 4.11. The van der Waals surface area contributed by atoms with E-state index in [1.54, 1.807) is 6.26 Å². The summed E-state index contributed by atoms with van der Waals surface area (Å²) in [6.07, 6.45) is 1.63. The molecular formula is C6H12NOP. The summed E-state index contributed by atoms with van der Waals surface area (Å²) in [7, 11) is -1.19. The van der Waals surface area contributed by atoms with Crippen molar-refractivity contribution >= 4 is 12.7 Å². The molecule has 3 heteroatoms. The van der Waals surface area contributed by atoms with Crippen LogP contribution in [0.1, 0.15) is 0 Å². The summed E-state index contributed by atoms with van der Waals surface area (Å²) in [6, 6.07) is 1.95. The van der Waals surface area contributed by atoms with Crippen molar-refractivity contribution in [2.75, 3.05) is 20.0 Å². The summed E-state index contributed by atoms with van der Waals surface area (Å²) in [5.41, 5.74) is 1.14. The van der Waals surface area contributed by atoms with Crippen LogP contribution >= 0.6 is 7.26 Å². The molecule has 0 aliphatic heterocycles. The molecule has 1 aromatic rings. The molecule has 0 atom stereocenters. The minimum atomic E-state index is -1.19. The fourth-order valence-corrected chi connectivity index (χ4v) is 1.49. The summed E-state index contributed by atoms with van der Waals surface area (Å²) in [5.74, 6) is 0. The normalized spacial score (nSPS) is 13.7. The van der Waals surface area contributed by atoms with Crippen LogP contribution in [0.2, 0.25) is 0 Å². The molecule has 0 aliphatic carbocycles. The van der Waals surface area contributed by atoms with Crippen LogP contribution in [-0.4, -0.2) is 25.2 Å². The molecule has 0 aromatic carbocycles. The molecule has 0 spiro atoms. The van der Waals surface area contributed by atoms with Crippen LogP contribution in [0.15, 0.2) is 16.9 Å². The molecule has 52 valence electrons. The van der Waals surface area contributed by atoms with E-state index in [0.29, 0.717) is 0 Å². The van der Waals surface area contributed by atoms with Gasteiger partial charge in [0.25, 0.3) is 0 Å². The van der Waals surface area contributed by atoms with Gasteiger partial charge in [0, 0.05) is 0 Å². The van der Waals surface area contributed by atoms with Gasteiger partial charge in [-0.2, -0.15) is 0 Å². The van der Waals surface area contributed by atoms with Crippen molar-refractivity contribution in [3.63, 3.8) is 0 Å². The molecule has 0 radical (unpaired) electrons. The van der Waals surface area contributed by atoms with Crippen molar-refractivity contribution in [3.05, 3.63) is 12.3 Å². The fraction of sp³-hybridized carbons (Fsp3) is 0.500. The second kappa shape index (κ2) is 2.11. The quantitative estimate of drug-likeness (QED) is 0.549. The van der Waals surface area contributed by atoms with E-state index in [-0.39, 0.29) is 0 Å². The Hall–Kier alpha value is -0.360. The van der Waals surface area contributed by atoms with Gasteiger partial charge in [-0.05, 0) is 0 Å². The van der Waals surface area contributed by atoms with Crippen molar-refractivity contribution in [2.24, 2.45) is 0 Å². The molecule has 0 N–H and O–H groups in total. The van der Waals surface area contributed by atoms with E-state index < -0.39 is 7.26 Å². The Kier molecular flexibility index (Phi) is 1.58. The molecule has 1 aromatic heterocycles. The molecular weight excluding hydrogens is 133 g/mol. The van der Waals surface area contributed by atoms with Crippen LogP contribution in [0.5, 0.6) is 0 Å². The molecule has 0 saturated heterocycles. The van der Waals surface area contributed by atoms with Gasteiger partial charge in [-0.25, -0.2) is 0 Å². The number of aromatic nitrogens is 1. The summed E-state index contributed by atoms with van der Waals surface area (Å²) in [6.45, 7) is 6.72. The Morgan fingerprint density at radius 3 is 2.33 bits per heavy atom. The molecule has 0 bridgehead atoms. The third kappa shape index (κ3) is 1.52. The van der Waals surface area contributed by atoms with E-state index in [4.69, 9.17) is 4.52 Å². The van der Waals surface area contributed by atoms with Gasteiger partial charge in [-0.1, -0.05) is 0 Å².